The minimum atomic E-state index is -0.163. The summed E-state index contributed by atoms with van der Waals surface area (Å²) in [6, 6.07) is 10.9. The Morgan fingerprint density at radius 1 is 1.20 bits per heavy atom. The predicted molar refractivity (Wildman–Crippen MR) is 86.5 cm³/mol. The summed E-state index contributed by atoms with van der Waals surface area (Å²) in [6.07, 6.45) is 4.20. The predicted octanol–water partition coefficient (Wildman–Crippen LogP) is 4.81. The van der Waals surface area contributed by atoms with Crippen LogP contribution >= 0.6 is 11.3 Å². The van der Waals surface area contributed by atoms with Crippen molar-refractivity contribution in [2.45, 2.75) is 13.8 Å². The first kappa shape index (κ1) is 14.9. The number of benzene rings is 1. The molecule has 0 saturated carbocycles. The van der Waals surface area contributed by atoms with Gasteiger partial charge in [-0.3, -0.25) is 0 Å². The van der Waals surface area contributed by atoms with E-state index in [0.717, 1.165) is 22.8 Å². The summed E-state index contributed by atoms with van der Waals surface area (Å²) in [5, 5.41) is 3.36. The Kier molecular flexibility index (Phi) is 5.50. The Morgan fingerprint density at radius 3 is 2.75 bits per heavy atom. The Morgan fingerprint density at radius 2 is 2.00 bits per heavy atom. The maximum atomic E-state index is 13.7. The highest BCUT2D eigenvalue weighted by atomic mass is 32.1. The van der Waals surface area contributed by atoms with Gasteiger partial charge in [0, 0.05) is 21.9 Å². The zero-order chi connectivity index (χ0) is 14.4. The molecule has 20 heavy (non-hydrogen) atoms. The Hall–Kier alpha value is -1.45. The first-order valence-electron chi connectivity index (χ1n) is 6.89. The van der Waals surface area contributed by atoms with Gasteiger partial charge >= 0.3 is 0 Å². The van der Waals surface area contributed by atoms with Gasteiger partial charge in [0.2, 0.25) is 0 Å². The van der Waals surface area contributed by atoms with Crippen LogP contribution in [0.5, 0.6) is 0 Å². The third kappa shape index (κ3) is 4.29. The fraction of sp³-hybridized carbons (Fsp3) is 0.294. The van der Waals surface area contributed by atoms with Crippen LogP contribution in [0.15, 0.2) is 42.5 Å². The molecule has 0 atom stereocenters. The molecule has 0 aliphatic heterocycles. The summed E-state index contributed by atoms with van der Waals surface area (Å²) in [7, 11) is 0. The Bertz CT molecular complexity index is 572. The van der Waals surface area contributed by atoms with Gasteiger partial charge in [0.15, 0.2) is 0 Å². The highest BCUT2D eigenvalue weighted by Gasteiger charge is 2.05. The molecule has 0 unspecified atom stereocenters. The van der Waals surface area contributed by atoms with Gasteiger partial charge in [-0.25, -0.2) is 4.39 Å². The molecule has 2 rings (SSSR count). The lowest BCUT2D eigenvalue weighted by atomic mass is 10.2. The van der Waals surface area contributed by atoms with E-state index >= 15 is 0 Å². The van der Waals surface area contributed by atoms with Crippen LogP contribution in [-0.4, -0.2) is 13.1 Å². The molecule has 0 saturated heterocycles. The van der Waals surface area contributed by atoms with Crippen molar-refractivity contribution in [1.82, 2.24) is 5.32 Å². The summed E-state index contributed by atoms with van der Waals surface area (Å²) >= 11 is 1.61. The number of nitrogens with one attached hydrogen (secondary N) is 1. The van der Waals surface area contributed by atoms with Gasteiger partial charge in [-0.15, -0.1) is 11.3 Å². The normalized spacial score (nSPS) is 11.6. The zero-order valence-electron chi connectivity index (χ0n) is 11.9. The number of thiophene rings is 1. The minimum Gasteiger partial charge on any atom is -0.313 e. The molecule has 0 fully saturated rings. The third-order valence-corrected chi connectivity index (χ3v) is 3.95. The summed E-state index contributed by atoms with van der Waals surface area (Å²) < 4.78 is 13.7. The van der Waals surface area contributed by atoms with Crippen molar-refractivity contribution < 1.29 is 4.39 Å². The number of rotatable bonds is 6. The summed E-state index contributed by atoms with van der Waals surface area (Å²) in [5.74, 6) is 0.501. The van der Waals surface area contributed by atoms with Crippen LogP contribution in [0.3, 0.4) is 0 Å². The molecule has 0 aliphatic rings. The average Bonchev–Trinajstić information content (AvgIpc) is 2.87. The molecule has 0 spiro atoms. The van der Waals surface area contributed by atoms with Crippen LogP contribution in [0.4, 0.5) is 4.39 Å². The Labute approximate surface area is 124 Å². The largest absolute Gasteiger partial charge is 0.313 e. The van der Waals surface area contributed by atoms with Crippen molar-refractivity contribution in [2.75, 3.05) is 13.1 Å². The van der Waals surface area contributed by atoms with Gasteiger partial charge < -0.3 is 5.32 Å². The zero-order valence-corrected chi connectivity index (χ0v) is 12.7. The van der Waals surface area contributed by atoms with Gasteiger partial charge in [0.25, 0.3) is 0 Å². The van der Waals surface area contributed by atoms with Crippen LogP contribution in [-0.2, 0) is 0 Å². The van der Waals surface area contributed by atoms with Crippen LogP contribution in [0, 0.1) is 11.7 Å². The van der Waals surface area contributed by atoms with Crippen LogP contribution in [0.1, 0.15) is 18.7 Å². The van der Waals surface area contributed by atoms with Gasteiger partial charge in [-0.2, -0.15) is 0 Å². The smallest absolute Gasteiger partial charge is 0.131 e. The SMILES string of the molecule is CC(C)CNCC=Cc1ccc(-c2ccccc2F)s1. The molecule has 2 aromatic rings. The molecular formula is C17H20FNS. The van der Waals surface area contributed by atoms with Crippen molar-refractivity contribution >= 4 is 17.4 Å². The number of halogens is 1. The van der Waals surface area contributed by atoms with Crippen LogP contribution in [0.2, 0.25) is 0 Å². The molecule has 1 nitrogen and oxygen atoms in total. The second-order valence-electron chi connectivity index (χ2n) is 5.14. The second kappa shape index (κ2) is 7.36. The number of hydrogen-bond donors (Lipinski definition) is 1. The first-order chi connectivity index (χ1) is 9.66. The summed E-state index contributed by atoms with van der Waals surface area (Å²) in [6.45, 7) is 6.27. The minimum absolute atomic E-state index is 0.163. The molecular weight excluding hydrogens is 269 g/mol. The first-order valence-corrected chi connectivity index (χ1v) is 7.70. The van der Waals surface area contributed by atoms with E-state index in [1.54, 1.807) is 17.4 Å². The van der Waals surface area contributed by atoms with Crippen molar-refractivity contribution in [2.24, 2.45) is 5.92 Å². The van der Waals surface area contributed by atoms with E-state index in [-0.39, 0.29) is 5.82 Å². The van der Waals surface area contributed by atoms with E-state index in [0.29, 0.717) is 11.5 Å². The van der Waals surface area contributed by atoms with Crippen molar-refractivity contribution in [3.05, 3.63) is 53.2 Å². The maximum absolute atomic E-state index is 13.7. The topological polar surface area (TPSA) is 12.0 Å². The van der Waals surface area contributed by atoms with E-state index in [1.165, 1.54) is 6.07 Å². The monoisotopic (exact) mass is 289 g/mol. The van der Waals surface area contributed by atoms with Crippen molar-refractivity contribution in [3.8, 4) is 10.4 Å². The van der Waals surface area contributed by atoms with E-state index < -0.39 is 0 Å². The fourth-order valence-electron chi connectivity index (χ4n) is 1.88. The average molecular weight is 289 g/mol. The highest BCUT2D eigenvalue weighted by molar-refractivity contribution is 7.16. The van der Waals surface area contributed by atoms with Crippen molar-refractivity contribution in [1.29, 1.82) is 0 Å². The molecule has 0 radical (unpaired) electrons. The lowest BCUT2D eigenvalue weighted by molar-refractivity contribution is 0.577. The second-order valence-corrected chi connectivity index (χ2v) is 6.25. The highest BCUT2D eigenvalue weighted by Crippen LogP contribution is 2.30. The van der Waals surface area contributed by atoms with E-state index in [9.17, 15) is 4.39 Å². The van der Waals surface area contributed by atoms with E-state index in [2.05, 4.69) is 31.3 Å². The molecule has 0 aliphatic carbocycles. The van der Waals surface area contributed by atoms with Gasteiger partial charge in [0.1, 0.15) is 5.82 Å². The molecule has 1 aromatic heterocycles. The van der Waals surface area contributed by atoms with E-state index in [1.807, 2.05) is 24.3 Å². The van der Waals surface area contributed by atoms with Crippen LogP contribution < -0.4 is 5.32 Å². The molecule has 1 heterocycles. The molecule has 3 heteroatoms. The number of hydrogen-bond acceptors (Lipinski definition) is 2. The van der Waals surface area contributed by atoms with Gasteiger partial charge in [0.05, 0.1) is 0 Å². The summed E-state index contributed by atoms with van der Waals surface area (Å²) in [5.41, 5.74) is 0.676. The van der Waals surface area contributed by atoms with Gasteiger partial charge in [-0.05, 0) is 36.7 Å². The van der Waals surface area contributed by atoms with Crippen LogP contribution in [0.25, 0.3) is 16.5 Å². The lowest BCUT2D eigenvalue weighted by Gasteiger charge is -2.03. The molecule has 0 bridgehead atoms. The lowest BCUT2D eigenvalue weighted by Crippen LogP contribution is -2.19. The molecule has 106 valence electrons. The molecule has 0 amide bonds. The molecule has 1 N–H and O–H groups in total. The van der Waals surface area contributed by atoms with Crippen molar-refractivity contribution in [3.63, 3.8) is 0 Å². The quantitative estimate of drug-likeness (QED) is 0.752. The summed E-state index contributed by atoms with van der Waals surface area (Å²) in [4.78, 5) is 2.12. The fourth-order valence-corrected chi connectivity index (χ4v) is 2.84. The third-order valence-electron chi connectivity index (χ3n) is 2.86. The van der Waals surface area contributed by atoms with E-state index in [4.69, 9.17) is 0 Å². The molecule has 1 aromatic carbocycles. The standard InChI is InChI=1S/C17H20FNS/c1-13(2)12-19-11-5-6-14-9-10-17(20-14)15-7-3-4-8-16(15)18/h3-10,13,19H,11-12H2,1-2H3. The van der Waals surface area contributed by atoms with Gasteiger partial charge in [-0.1, -0.05) is 38.1 Å². The Balaban J connectivity index is 1.96. The maximum Gasteiger partial charge on any atom is 0.131 e.